The molecule has 6 heteroatoms. The molecule has 1 N–H and O–H groups in total. The molecule has 2 aromatic rings. The van der Waals surface area contributed by atoms with Gasteiger partial charge in [0.1, 0.15) is 4.88 Å². The molecule has 0 bridgehead atoms. The standard InChI is InChI=1S/C16H21N3OS2/c1-2-15-17-11-14(22-15)16(20)18-10-12(13-6-5-9-21-13)19-7-3-4-8-19/h5-6,9,11-12H,2-4,7-8,10H2,1H3,(H,18,20). The molecular weight excluding hydrogens is 314 g/mol. The van der Waals surface area contributed by atoms with Crippen LogP contribution in [0.5, 0.6) is 0 Å². The van der Waals surface area contributed by atoms with Crippen LogP contribution >= 0.6 is 22.7 Å². The van der Waals surface area contributed by atoms with Crippen molar-refractivity contribution >= 4 is 28.6 Å². The molecule has 1 aliphatic heterocycles. The normalized spacial score (nSPS) is 16.8. The minimum absolute atomic E-state index is 0.00190. The largest absolute Gasteiger partial charge is 0.349 e. The van der Waals surface area contributed by atoms with E-state index in [2.05, 4.69) is 39.6 Å². The van der Waals surface area contributed by atoms with Gasteiger partial charge in [-0.25, -0.2) is 4.98 Å². The van der Waals surface area contributed by atoms with E-state index in [1.54, 1.807) is 17.5 Å². The molecule has 0 aliphatic carbocycles. The number of thiazole rings is 1. The van der Waals surface area contributed by atoms with Gasteiger partial charge < -0.3 is 5.32 Å². The average molecular weight is 335 g/mol. The Labute approximate surface area is 139 Å². The number of aromatic nitrogens is 1. The fourth-order valence-electron chi connectivity index (χ4n) is 2.80. The Kier molecular flexibility index (Phi) is 5.23. The lowest BCUT2D eigenvalue weighted by molar-refractivity contribution is 0.0942. The molecule has 3 rings (SSSR count). The van der Waals surface area contributed by atoms with E-state index in [-0.39, 0.29) is 5.91 Å². The summed E-state index contributed by atoms with van der Waals surface area (Å²) in [5.74, 6) is -0.00190. The van der Waals surface area contributed by atoms with E-state index >= 15 is 0 Å². The van der Waals surface area contributed by atoms with Crippen molar-refractivity contribution in [1.82, 2.24) is 15.2 Å². The molecule has 1 unspecified atom stereocenters. The second-order valence-corrected chi connectivity index (χ2v) is 7.55. The number of rotatable bonds is 6. The zero-order chi connectivity index (χ0) is 15.4. The number of likely N-dealkylation sites (tertiary alicyclic amines) is 1. The van der Waals surface area contributed by atoms with Gasteiger partial charge in [-0.2, -0.15) is 0 Å². The van der Waals surface area contributed by atoms with Crippen LogP contribution in [0.25, 0.3) is 0 Å². The summed E-state index contributed by atoms with van der Waals surface area (Å²) in [5.41, 5.74) is 0. The predicted octanol–water partition coefficient (Wildman–Crippen LogP) is 3.33. The van der Waals surface area contributed by atoms with Crippen molar-refractivity contribution in [3.05, 3.63) is 38.5 Å². The molecule has 0 aromatic carbocycles. The van der Waals surface area contributed by atoms with Crippen LogP contribution in [0.2, 0.25) is 0 Å². The lowest BCUT2D eigenvalue weighted by Crippen LogP contribution is -2.36. The van der Waals surface area contributed by atoms with Crippen LogP contribution in [0, 0.1) is 0 Å². The number of carbonyl (C=O) groups excluding carboxylic acids is 1. The molecule has 4 nitrogen and oxygen atoms in total. The first-order valence-electron chi connectivity index (χ1n) is 7.78. The van der Waals surface area contributed by atoms with E-state index in [4.69, 9.17) is 0 Å². The van der Waals surface area contributed by atoms with Gasteiger partial charge in [0.2, 0.25) is 0 Å². The van der Waals surface area contributed by atoms with Crippen molar-refractivity contribution in [2.24, 2.45) is 0 Å². The zero-order valence-electron chi connectivity index (χ0n) is 12.7. The topological polar surface area (TPSA) is 45.2 Å². The molecule has 2 aromatic heterocycles. The van der Waals surface area contributed by atoms with Crippen molar-refractivity contribution < 1.29 is 4.79 Å². The second-order valence-electron chi connectivity index (χ2n) is 5.46. The molecular formula is C16H21N3OS2. The summed E-state index contributed by atoms with van der Waals surface area (Å²) in [4.78, 5) is 21.1. The van der Waals surface area contributed by atoms with E-state index in [9.17, 15) is 4.79 Å². The van der Waals surface area contributed by atoms with Gasteiger partial charge in [0.05, 0.1) is 17.2 Å². The Hall–Kier alpha value is -1.24. The Bertz CT molecular complexity index is 603. The van der Waals surface area contributed by atoms with Gasteiger partial charge in [0, 0.05) is 11.4 Å². The summed E-state index contributed by atoms with van der Waals surface area (Å²) in [6.45, 7) is 4.97. The molecule has 0 saturated carbocycles. The van der Waals surface area contributed by atoms with Gasteiger partial charge in [-0.3, -0.25) is 9.69 Å². The molecule has 1 aliphatic rings. The maximum atomic E-state index is 12.3. The number of amides is 1. The molecule has 3 heterocycles. The number of thiophene rings is 1. The smallest absolute Gasteiger partial charge is 0.263 e. The predicted molar refractivity (Wildman–Crippen MR) is 91.7 cm³/mol. The molecule has 118 valence electrons. The van der Waals surface area contributed by atoms with E-state index in [1.165, 1.54) is 29.1 Å². The third-order valence-electron chi connectivity index (χ3n) is 3.99. The number of hydrogen-bond acceptors (Lipinski definition) is 5. The van der Waals surface area contributed by atoms with Gasteiger partial charge in [-0.05, 0) is 43.8 Å². The van der Waals surface area contributed by atoms with Crippen molar-refractivity contribution in [2.75, 3.05) is 19.6 Å². The average Bonchev–Trinajstić information content (AvgIpc) is 3.29. The third-order valence-corrected chi connectivity index (χ3v) is 6.10. The zero-order valence-corrected chi connectivity index (χ0v) is 14.4. The number of aryl methyl sites for hydroxylation is 1. The van der Waals surface area contributed by atoms with Crippen molar-refractivity contribution in [3.63, 3.8) is 0 Å². The van der Waals surface area contributed by atoms with Gasteiger partial charge in [-0.15, -0.1) is 22.7 Å². The second kappa shape index (κ2) is 7.35. The van der Waals surface area contributed by atoms with Crippen LogP contribution in [0.1, 0.15) is 45.4 Å². The van der Waals surface area contributed by atoms with E-state index in [1.807, 2.05) is 0 Å². The molecule has 1 saturated heterocycles. The highest BCUT2D eigenvalue weighted by molar-refractivity contribution is 7.13. The van der Waals surface area contributed by atoms with Crippen LogP contribution in [-0.4, -0.2) is 35.4 Å². The summed E-state index contributed by atoms with van der Waals surface area (Å²) in [6.07, 6.45) is 5.08. The van der Waals surface area contributed by atoms with Crippen LogP contribution < -0.4 is 5.32 Å². The maximum absolute atomic E-state index is 12.3. The molecule has 1 atom stereocenters. The minimum Gasteiger partial charge on any atom is -0.349 e. The number of nitrogens with one attached hydrogen (secondary N) is 1. The highest BCUT2D eigenvalue weighted by Crippen LogP contribution is 2.28. The Balaban J connectivity index is 1.64. The molecule has 1 fully saturated rings. The summed E-state index contributed by atoms with van der Waals surface area (Å²) in [6, 6.07) is 4.55. The van der Waals surface area contributed by atoms with Gasteiger partial charge in [0.25, 0.3) is 5.91 Å². The quantitative estimate of drug-likeness (QED) is 0.881. The van der Waals surface area contributed by atoms with Crippen LogP contribution in [0.15, 0.2) is 23.7 Å². The van der Waals surface area contributed by atoms with Gasteiger partial charge in [-0.1, -0.05) is 13.0 Å². The summed E-state index contributed by atoms with van der Waals surface area (Å²) < 4.78 is 0. The Morgan fingerprint density at radius 1 is 1.45 bits per heavy atom. The first-order valence-corrected chi connectivity index (χ1v) is 9.48. The highest BCUT2D eigenvalue weighted by atomic mass is 32.1. The van der Waals surface area contributed by atoms with Crippen LogP contribution in [-0.2, 0) is 6.42 Å². The van der Waals surface area contributed by atoms with Gasteiger partial charge >= 0.3 is 0 Å². The lowest BCUT2D eigenvalue weighted by Gasteiger charge is -2.26. The lowest BCUT2D eigenvalue weighted by atomic mass is 10.2. The fourth-order valence-corrected chi connectivity index (χ4v) is 4.43. The van der Waals surface area contributed by atoms with E-state index in [0.717, 1.165) is 24.5 Å². The SMILES string of the molecule is CCc1ncc(C(=O)NCC(c2cccs2)N2CCCC2)s1. The monoisotopic (exact) mass is 335 g/mol. The number of hydrogen-bond donors (Lipinski definition) is 1. The summed E-state index contributed by atoms with van der Waals surface area (Å²) in [5, 5.41) is 6.22. The fraction of sp³-hybridized carbons (Fsp3) is 0.500. The van der Waals surface area contributed by atoms with Crippen molar-refractivity contribution in [3.8, 4) is 0 Å². The summed E-state index contributed by atoms with van der Waals surface area (Å²) >= 11 is 3.26. The first-order chi connectivity index (χ1) is 10.8. The van der Waals surface area contributed by atoms with E-state index in [0.29, 0.717) is 17.5 Å². The molecule has 0 spiro atoms. The minimum atomic E-state index is -0.00190. The van der Waals surface area contributed by atoms with Crippen LogP contribution in [0.4, 0.5) is 0 Å². The first kappa shape index (κ1) is 15.6. The summed E-state index contributed by atoms with van der Waals surface area (Å²) in [7, 11) is 0. The maximum Gasteiger partial charge on any atom is 0.263 e. The Morgan fingerprint density at radius 2 is 2.27 bits per heavy atom. The third kappa shape index (κ3) is 3.56. The highest BCUT2D eigenvalue weighted by Gasteiger charge is 2.25. The van der Waals surface area contributed by atoms with E-state index < -0.39 is 0 Å². The molecule has 22 heavy (non-hydrogen) atoms. The number of nitrogens with zero attached hydrogens (tertiary/aromatic N) is 2. The molecule has 1 amide bonds. The number of carbonyl (C=O) groups is 1. The molecule has 0 radical (unpaired) electrons. The van der Waals surface area contributed by atoms with Gasteiger partial charge in [0.15, 0.2) is 0 Å². The van der Waals surface area contributed by atoms with Crippen LogP contribution in [0.3, 0.4) is 0 Å². The Morgan fingerprint density at radius 3 is 2.91 bits per heavy atom. The van der Waals surface area contributed by atoms with Crippen molar-refractivity contribution in [1.29, 1.82) is 0 Å². The van der Waals surface area contributed by atoms with Crippen molar-refractivity contribution in [2.45, 2.75) is 32.2 Å².